The van der Waals surface area contributed by atoms with Gasteiger partial charge in [0, 0.05) is 23.2 Å². The van der Waals surface area contributed by atoms with Gasteiger partial charge in [0.25, 0.3) is 0 Å². The molecule has 0 N–H and O–H groups in total. The molecule has 1 unspecified atom stereocenters. The molecular formula is C14H16BrO5PS2. The fourth-order valence-electron chi connectivity index (χ4n) is 1.72. The molecule has 23 heavy (non-hydrogen) atoms. The number of carbonyl (C=O) groups is 2. The lowest BCUT2D eigenvalue weighted by Gasteiger charge is -2.27. The van der Waals surface area contributed by atoms with Crippen LogP contribution in [0.5, 0.6) is 0 Å². The zero-order valence-corrected chi connectivity index (χ0v) is 16.7. The van der Waals surface area contributed by atoms with E-state index in [1.807, 2.05) is 6.07 Å². The van der Waals surface area contributed by atoms with Gasteiger partial charge < -0.3 is 4.74 Å². The van der Waals surface area contributed by atoms with E-state index in [-0.39, 0.29) is 25.4 Å². The normalized spacial score (nSPS) is 13.5. The van der Waals surface area contributed by atoms with E-state index >= 15 is 0 Å². The van der Waals surface area contributed by atoms with Crippen molar-refractivity contribution in [1.82, 2.24) is 0 Å². The number of carbonyl (C=O) groups excluding carboxylic acids is 2. The SMILES string of the molecule is CCOOC(=O)C(CC(=O)c1cccc(Br)c1)(OCC)SP=S. The highest BCUT2D eigenvalue weighted by atomic mass is 79.9. The van der Waals surface area contributed by atoms with Gasteiger partial charge in [-0.2, -0.15) is 4.89 Å². The smallest absolute Gasteiger partial charge is 0.353 e. The van der Waals surface area contributed by atoms with Gasteiger partial charge in [0.1, 0.15) is 0 Å². The first-order valence-electron chi connectivity index (χ1n) is 6.76. The second-order valence-electron chi connectivity index (χ2n) is 4.24. The van der Waals surface area contributed by atoms with E-state index in [0.717, 1.165) is 15.9 Å². The standard InChI is InChI=1S/C14H16BrO5PS2/c1-3-18-14(23-21-22,13(17)20-19-4-2)9-12(16)10-6-5-7-11(15)8-10/h5-8H,3-4,9H2,1-2H3. The molecule has 0 fully saturated rings. The second kappa shape index (κ2) is 10.5. The van der Waals surface area contributed by atoms with Gasteiger partial charge in [-0.1, -0.05) is 28.1 Å². The Balaban J connectivity index is 3.05. The molecule has 0 aromatic heterocycles. The van der Waals surface area contributed by atoms with Crippen LogP contribution in [-0.2, 0) is 31.1 Å². The van der Waals surface area contributed by atoms with E-state index in [0.29, 0.717) is 12.1 Å². The Morgan fingerprint density at radius 2 is 2.09 bits per heavy atom. The van der Waals surface area contributed by atoms with Gasteiger partial charge >= 0.3 is 5.97 Å². The minimum atomic E-state index is -1.52. The minimum absolute atomic E-state index is 0.197. The van der Waals surface area contributed by atoms with Crippen LogP contribution in [0, 0.1) is 0 Å². The summed E-state index contributed by atoms with van der Waals surface area (Å²) in [5.41, 5.74) is 0.467. The molecule has 9 heteroatoms. The Morgan fingerprint density at radius 3 is 2.65 bits per heavy atom. The first-order chi connectivity index (χ1) is 11.0. The summed E-state index contributed by atoms with van der Waals surface area (Å²) in [6.45, 7) is 4.25. The van der Waals surface area contributed by atoms with Gasteiger partial charge in [-0.05, 0) is 49.2 Å². The van der Waals surface area contributed by atoms with Crippen LogP contribution in [0.1, 0.15) is 30.6 Å². The van der Waals surface area contributed by atoms with Crippen LogP contribution in [0.15, 0.2) is 28.7 Å². The summed E-state index contributed by atoms with van der Waals surface area (Å²) in [6.07, 6.45) is -0.197. The first-order valence-corrected chi connectivity index (χ1v) is 10.9. The number of halogens is 1. The van der Waals surface area contributed by atoms with E-state index in [2.05, 4.69) is 15.9 Å². The van der Waals surface area contributed by atoms with E-state index in [1.165, 1.54) is 0 Å². The Labute approximate surface area is 154 Å². The number of hydrogen-bond acceptors (Lipinski definition) is 7. The predicted octanol–water partition coefficient (Wildman–Crippen LogP) is 4.31. The number of benzene rings is 1. The van der Waals surface area contributed by atoms with Gasteiger partial charge in [-0.15, -0.1) is 0 Å². The maximum Gasteiger partial charge on any atom is 0.385 e. The molecule has 1 aromatic carbocycles. The highest BCUT2D eigenvalue weighted by Crippen LogP contribution is 2.41. The molecule has 0 aliphatic carbocycles. The third-order valence-corrected chi connectivity index (χ3v) is 5.74. The topological polar surface area (TPSA) is 61.8 Å². The van der Waals surface area contributed by atoms with E-state index < -0.39 is 10.9 Å². The molecule has 0 saturated carbocycles. The summed E-state index contributed by atoms with van der Waals surface area (Å²) < 4.78 is 6.33. The Morgan fingerprint density at radius 1 is 1.35 bits per heavy atom. The molecule has 0 heterocycles. The molecule has 1 rings (SSSR count). The van der Waals surface area contributed by atoms with Crippen LogP contribution in [0.4, 0.5) is 0 Å². The molecule has 0 aliphatic heterocycles. The molecule has 0 saturated heterocycles. The Kier molecular flexibility index (Phi) is 9.43. The van der Waals surface area contributed by atoms with Gasteiger partial charge in [0.15, 0.2) is 5.78 Å². The average Bonchev–Trinajstić information content (AvgIpc) is 2.52. The van der Waals surface area contributed by atoms with Gasteiger partial charge in [0.05, 0.1) is 13.0 Å². The number of ketones is 1. The maximum atomic E-state index is 12.5. The number of hydrogen-bond donors (Lipinski definition) is 0. The number of Topliss-reactive ketones (excluding diaryl/α,β-unsaturated/α-hetero) is 1. The highest BCUT2D eigenvalue weighted by Gasteiger charge is 2.45. The van der Waals surface area contributed by atoms with E-state index in [1.54, 1.807) is 32.0 Å². The summed E-state index contributed by atoms with van der Waals surface area (Å²) in [7, 11) is 0. The summed E-state index contributed by atoms with van der Waals surface area (Å²) in [6, 6.07) is 6.92. The first kappa shape index (κ1) is 20.7. The monoisotopic (exact) mass is 438 g/mol. The van der Waals surface area contributed by atoms with Crippen molar-refractivity contribution in [3.8, 4) is 0 Å². The van der Waals surface area contributed by atoms with E-state index in [9.17, 15) is 9.59 Å². The maximum absolute atomic E-state index is 12.5. The van der Waals surface area contributed by atoms with Crippen LogP contribution >= 0.6 is 33.9 Å². The number of ether oxygens (including phenoxy) is 1. The quantitative estimate of drug-likeness (QED) is 0.177. The lowest BCUT2D eigenvalue weighted by molar-refractivity contribution is -0.279. The summed E-state index contributed by atoms with van der Waals surface area (Å²) in [5.74, 6) is -1.02. The van der Waals surface area contributed by atoms with Crippen LogP contribution in [0.3, 0.4) is 0 Å². The van der Waals surface area contributed by atoms with Gasteiger partial charge in [-0.25, -0.2) is 4.79 Å². The van der Waals surface area contributed by atoms with Crippen molar-refractivity contribution >= 4 is 57.4 Å². The molecule has 0 spiro atoms. The molecule has 126 valence electrons. The molecule has 0 amide bonds. The van der Waals surface area contributed by atoms with Crippen molar-refractivity contribution in [2.75, 3.05) is 13.2 Å². The fraction of sp³-hybridized carbons (Fsp3) is 0.429. The van der Waals surface area contributed by atoms with Crippen LogP contribution in [0.2, 0.25) is 0 Å². The summed E-state index contributed by atoms with van der Waals surface area (Å²) in [4.78, 5) is 32.8. The Hall–Kier alpha value is -0.370. The molecule has 0 aliphatic rings. The van der Waals surface area contributed by atoms with Crippen molar-refractivity contribution in [3.63, 3.8) is 0 Å². The van der Waals surface area contributed by atoms with E-state index in [4.69, 9.17) is 26.3 Å². The molecule has 1 aromatic rings. The van der Waals surface area contributed by atoms with Crippen molar-refractivity contribution in [2.45, 2.75) is 25.2 Å². The zero-order valence-electron chi connectivity index (χ0n) is 12.6. The summed E-state index contributed by atoms with van der Waals surface area (Å²) >= 11 is 9.25. The van der Waals surface area contributed by atoms with Gasteiger partial charge in [0.2, 0.25) is 4.93 Å². The largest absolute Gasteiger partial charge is 0.385 e. The Bertz CT molecular complexity index is 572. The molecule has 0 bridgehead atoms. The molecule has 0 radical (unpaired) electrons. The lowest BCUT2D eigenvalue weighted by atomic mass is 10.0. The van der Waals surface area contributed by atoms with Crippen LogP contribution in [0.25, 0.3) is 0 Å². The minimum Gasteiger partial charge on any atom is -0.353 e. The number of rotatable bonds is 10. The molecule has 5 nitrogen and oxygen atoms in total. The molecule has 1 atom stereocenters. The third-order valence-electron chi connectivity index (χ3n) is 2.67. The van der Waals surface area contributed by atoms with Crippen molar-refractivity contribution in [1.29, 1.82) is 0 Å². The van der Waals surface area contributed by atoms with Gasteiger partial charge in [-0.3, -0.25) is 9.68 Å². The van der Waals surface area contributed by atoms with Crippen molar-refractivity contribution in [3.05, 3.63) is 34.3 Å². The van der Waals surface area contributed by atoms with Crippen LogP contribution < -0.4 is 0 Å². The highest BCUT2D eigenvalue weighted by molar-refractivity contribution is 9.10. The second-order valence-corrected chi connectivity index (χ2v) is 8.48. The summed E-state index contributed by atoms with van der Waals surface area (Å²) in [5, 5.41) is 0. The lowest BCUT2D eigenvalue weighted by Crippen LogP contribution is -2.41. The van der Waals surface area contributed by atoms with Crippen LogP contribution in [-0.4, -0.2) is 29.9 Å². The average molecular weight is 439 g/mol. The molecular weight excluding hydrogens is 423 g/mol. The predicted molar refractivity (Wildman–Crippen MR) is 97.0 cm³/mol. The third kappa shape index (κ3) is 6.21. The zero-order chi connectivity index (χ0) is 17.3. The fourth-order valence-corrected chi connectivity index (χ4v) is 4.74. The van der Waals surface area contributed by atoms with Crippen molar-refractivity contribution < 1.29 is 24.1 Å². The van der Waals surface area contributed by atoms with Crippen molar-refractivity contribution in [2.24, 2.45) is 0 Å².